The minimum Gasteiger partial charge on any atom is -0.496 e. The molecule has 0 heterocycles. The minimum absolute atomic E-state index is 0.233. The zero-order chi connectivity index (χ0) is 24.9. The van der Waals surface area contributed by atoms with Gasteiger partial charge in [0.1, 0.15) is 28.7 Å². The largest absolute Gasteiger partial charge is 0.496 e. The summed E-state index contributed by atoms with van der Waals surface area (Å²) in [6.45, 7) is 6.58. The van der Waals surface area contributed by atoms with Crippen molar-refractivity contribution >= 4 is 11.6 Å². The number of carbonyl (C=O) groups excluding carboxylic acids is 1. The summed E-state index contributed by atoms with van der Waals surface area (Å²) in [5, 5.41) is 2.97. The van der Waals surface area contributed by atoms with E-state index in [1.54, 1.807) is 33.5 Å². The molecule has 2 aromatic carbocycles. The summed E-state index contributed by atoms with van der Waals surface area (Å²) in [4.78, 5) is 13.4. The van der Waals surface area contributed by atoms with Gasteiger partial charge in [0, 0.05) is 12.1 Å². The van der Waals surface area contributed by atoms with Crippen molar-refractivity contribution in [3.63, 3.8) is 0 Å². The first-order valence-electron chi connectivity index (χ1n) is 12.3. The predicted molar refractivity (Wildman–Crippen MR) is 138 cm³/mol. The van der Waals surface area contributed by atoms with E-state index < -0.39 is 6.10 Å². The highest BCUT2D eigenvalue weighted by Crippen LogP contribution is 2.39. The van der Waals surface area contributed by atoms with Crippen LogP contribution in [0.25, 0.3) is 0 Å². The van der Waals surface area contributed by atoms with Crippen LogP contribution in [0.15, 0.2) is 36.4 Å². The van der Waals surface area contributed by atoms with E-state index in [1.165, 1.54) is 18.4 Å². The lowest BCUT2D eigenvalue weighted by Gasteiger charge is -2.21. The summed E-state index contributed by atoms with van der Waals surface area (Å²) in [6, 6.07) is 11.5. The van der Waals surface area contributed by atoms with Gasteiger partial charge in [0.05, 0.1) is 21.3 Å². The van der Waals surface area contributed by atoms with Crippen LogP contribution in [0, 0.1) is 0 Å². The monoisotopic (exact) mass is 471 g/mol. The second-order valence-corrected chi connectivity index (χ2v) is 8.58. The molecule has 34 heavy (non-hydrogen) atoms. The lowest BCUT2D eigenvalue weighted by Crippen LogP contribution is -2.33. The van der Waals surface area contributed by atoms with Gasteiger partial charge in [-0.15, -0.1) is 0 Å². The van der Waals surface area contributed by atoms with E-state index >= 15 is 0 Å². The van der Waals surface area contributed by atoms with Crippen molar-refractivity contribution in [3.05, 3.63) is 42.0 Å². The van der Waals surface area contributed by atoms with Gasteiger partial charge in [0.15, 0.2) is 6.10 Å². The number of anilines is 1. The van der Waals surface area contributed by atoms with Gasteiger partial charge in [-0.25, -0.2) is 0 Å². The summed E-state index contributed by atoms with van der Waals surface area (Å²) in [5.41, 5.74) is 1.73. The van der Waals surface area contributed by atoms with Gasteiger partial charge >= 0.3 is 0 Å². The normalized spacial score (nSPS) is 12.5. The Labute approximate surface area is 204 Å². The molecule has 1 N–H and O–H groups in total. The third-order valence-electron chi connectivity index (χ3n) is 6.17. The number of ether oxygens (including phenoxy) is 4. The average Bonchev–Trinajstić information content (AvgIpc) is 2.87. The van der Waals surface area contributed by atoms with Crippen molar-refractivity contribution in [1.82, 2.24) is 0 Å². The van der Waals surface area contributed by atoms with Gasteiger partial charge in [0.2, 0.25) is 0 Å². The topological polar surface area (TPSA) is 66.0 Å². The van der Waals surface area contributed by atoms with Gasteiger partial charge in [-0.3, -0.25) is 4.79 Å². The molecular weight excluding hydrogens is 430 g/mol. The second kappa shape index (κ2) is 14.4. The zero-order valence-electron chi connectivity index (χ0n) is 21.6. The van der Waals surface area contributed by atoms with E-state index in [2.05, 4.69) is 38.2 Å². The van der Waals surface area contributed by atoms with E-state index in [4.69, 9.17) is 18.9 Å². The van der Waals surface area contributed by atoms with E-state index in [0.29, 0.717) is 41.0 Å². The Kier molecular flexibility index (Phi) is 11.6. The van der Waals surface area contributed by atoms with Crippen LogP contribution < -0.4 is 24.3 Å². The van der Waals surface area contributed by atoms with Gasteiger partial charge in [0.25, 0.3) is 5.91 Å². The molecule has 0 aliphatic rings. The number of amides is 1. The molecule has 2 aromatic rings. The zero-order valence-corrected chi connectivity index (χ0v) is 21.6. The molecule has 2 unspecified atom stereocenters. The lowest BCUT2D eigenvalue weighted by molar-refractivity contribution is -0.123. The molecule has 2 atom stereocenters. The fraction of sp³-hybridized carbons (Fsp3) is 0.536. The Bertz CT molecular complexity index is 856. The van der Waals surface area contributed by atoms with Crippen LogP contribution in [-0.2, 0) is 4.79 Å². The number of rotatable bonds is 15. The second-order valence-electron chi connectivity index (χ2n) is 8.58. The van der Waals surface area contributed by atoms with E-state index in [0.717, 1.165) is 25.7 Å². The third kappa shape index (κ3) is 7.86. The smallest absolute Gasteiger partial charge is 0.265 e. The Balaban J connectivity index is 2.22. The van der Waals surface area contributed by atoms with Crippen molar-refractivity contribution in [2.24, 2.45) is 0 Å². The molecule has 0 saturated carbocycles. The molecule has 0 bridgehead atoms. The minimum atomic E-state index is -0.632. The average molecular weight is 472 g/mol. The summed E-state index contributed by atoms with van der Waals surface area (Å²) in [7, 11) is 4.66. The summed E-state index contributed by atoms with van der Waals surface area (Å²) < 4.78 is 22.5. The van der Waals surface area contributed by atoms with Crippen molar-refractivity contribution in [1.29, 1.82) is 0 Å². The lowest BCUT2D eigenvalue weighted by atomic mass is 9.99. The molecule has 6 heteroatoms. The number of benzene rings is 2. The third-order valence-corrected chi connectivity index (χ3v) is 6.17. The predicted octanol–water partition coefficient (Wildman–Crippen LogP) is 6.97. The molecule has 6 nitrogen and oxygen atoms in total. The molecular formula is C28H41NO5. The Hall–Kier alpha value is -2.89. The van der Waals surface area contributed by atoms with Crippen molar-refractivity contribution in [2.75, 3.05) is 26.6 Å². The quantitative estimate of drug-likeness (QED) is 0.284. The van der Waals surface area contributed by atoms with E-state index in [9.17, 15) is 4.79 Å². The Morgan fingerprint density at radius 1 is 0.853 bits per heavy atom. The first-order chi connectivity index (χ1) is 16.5. The number of carbonyl (C=O) groups is 1. The van der Waals surface area contributed by atoms with Crippen molar-refractivity contribution in [3.8, 4) is 23.0 Å². The van der Waals surface area contributed by atoms with Crippen LogP contribution in [0.3, 0.4) is 0 Å². The highest BCUT2D eigenvalue weighted by atomic mass is 16.5. The highest BCUT2D eigenvalue weighted by Gasteiger charge is 2.24. The maximum Gasteiger partial charge on any atom is 0.265 e. The molecule has 0 saturated heterocycles. The Morgan fingerprint density at radius 2 is 1.47 bits per heavy atom. The number of nitrogens with one attached hydrogen (secondary N) is 1. The summed E-state index contributed by atoms with van der Waals surface area (Å²) >= 11 is 0. The van der Waals surface area contributed by atoms with Gasteiger partial charge in [-0.05, 0) is 42.9 Å². The number of methoxy groups -OCH3 is 3. The Morgan fingerprint density at radius 3 is 2.00 bits per heavy atom. The van der Waals surface area contributed by atoms with Gasteiger partial charge < -0.3 is 24.3 Å². The molecule has 0 fully saturated rings. The molecule has 0 aliphatic heterocycles. The maximum atomic E-state index is 13.4. The highest BCUT2D eigenvalue weighted by molar-refractivity contribution is 5.97. The fourth-order valence-corrected chi connectivity index (χ4v) is 3.78. The molecule has 0 aliphatic carbocycles. The number of unbranched alkanes of at least 4 members (excludes halogenated alkanes) is 4. The van der Waals surface area contributed by atoms with Crippen LogP contribution >= 0.6 is 0 Å². The molecule has 1 amide bonds. The molecule has 0 spiro atoms. The van der Waals surface area contributed by atoms with Gasteiger partial charge in [-0.1, -0.05) is 58.6 Å². The van der Waals surface area contributed by atoms with Crippen LogP contribution in [0.5, 0.6) is 23.0 Å². The summed E-state index contributed by atoms with van der Waals surface area (Å²) in [5.74, 6) is 2.45. The fourth-order valence-electron chi connectivity index (χ4n) is 3.78. The molecule has 188 valence electrons. The number of hydrogen-bond donors (Lipinski definition) is 1. The molecule has 0 aromatic heterocycles. The van der Waals surface area contributed by atoms with E-state index in [1.807, 2.05) is 12.1 Å². The summed E-state index contributed by atoms with van der Waals surface area (Å²) in [6.07, 6.45) is 6.61. The SMILES string of the molecule is CCCCCCCC(Oc1ccc(C(C)CC)cc1)C(=O)Nc1c(OC)cc(OC)cc1OC. The first-order valence-corrected chi connectivity index (χ1v) is 12.3. The van der Waals surface area contributed by atoms with Crippen LogP contribution in [0.1, 0.15) is 77.2 Å². The van der Waals surface area contributed by atoms with Crippen molar-refractivity contribution in [2.45, 2.75) is 77.7 Å². The maximum absolute atomic E-state index is 13.4. The first kappa shape index (κ1) is 27.4. The number of hydrogen-bond acceptors (Lipinski definition) is 5. The van der Waals surface area contributed by atoms with Gasteiger partial charge in [-0.2, -0.15) is 0 Å². The van der Waals surface area contributed by atoms with Crippen LogP contribution in [-0.4, -0.2) is 33.3 Å². The standard InChI is InChI=1S/C28H41NO5/c1-7-9-10-11-12-13-24(34-22-16-14-21(15-17-22)20(3)8-2)28(30)29-27-25(32-5)18-23(31-4)19-26(27)33-6/h14-20,24H,7-13H2,1-6H3,(H,29,30). The van der Waals surface area contributed by atoms with Crippen LogP contribution in [0.2, 0.25) is 0 Å². The van der Waals surface area contributed by atoms with Crippen LogP contribution in [0.4, 0.5) is 5.69 Å². The van der Waals surface area contributed by atoms with E-state index in [-0.39, 0.29) is 5.91 Å². The molecule has 0 radical (unpaired) electrons. The van der Waals surface area contributed by atoms with Crippen molar-refractivity contribution < 1.29 is 23.7 Å². The molecule has 2 rings (SSSR count).